The number of nitrogens with zero attached hydrogens (tertiary/aromatic N) is 1. The molecule has 0 radical (unpaired) electrons. The van der Waals surface area contributed by atoms with Crippen molar-refractivity contribution in [3.63, 3.8) is 0 Å². The van der Waals surface area contributed by atoms with Gasteiger partial charge >= 0.3 is 6.03 Å². The number of hydrogen-bond acceptors (Lipinski definition) is 2. The van der Waals surface area contributed by atoms with Crippen molar-refractivity contribution in [2.24, 2.45) is 0 Å². The van der Waals surface area contributed by atoms with Crippen LogP contribution in [0.5, 0.6) is 0 Å². The molecule has 1 aromatic heterocycles. The molecule has 0 unspecified atom stereocenters. The Labute approximate surface area is 83.7 Å². The van der Waals surface area contributed by atoms with Crippen LogP contribution in [0.4, 0.5) is 10.6 Å². The van der Waals surface area contributed by atoms with Crippen LogP contribution in [0.1, 0.15) is 18.9 Å². The average molecular weight is 193 g/mol. The van der Waals surface area contributed by atoms with E-state index in [4.69, 9.17) is 0 Å². The average Bonchev–Trinajstić information content (AvgIpc) is 2.18. The summed E-state index contributed by atoms with van der Waals surface area (Å²) in [5, 5.41) is 5.40. The maximum atomic E-state index is 11.3. The summed E-state index contributed by atoms with van der Waals surface area (Å²) in [5.74, 6) is 0.612. The molecule has 4 heteroatoms. The molecule has 0 saturated heterocycles. The Bertz CT molecular complexity index is 312. The highest BCUT2D eigenvalue weighted by molar-refractivity contribution is 5.88. The molecule has 1 heterocycles. The predicted molar refractivity (Wildman–Crippen MR) is 56.3 cm³/mol. The zero-order valence-electron chi connectivity index (χ0n) is 8.50. The Balaban J connectivity index is 2.52. The molecule has 0 aliphatic heterocycles. The van der Waals surface area contributed by atoms with Gasteiger partial charge in [0.2, 0.25) is 0 Å². The van der Waals surface area contributed by atoms with E-state index >= 15 is 0 Å². The van der Waals surface area contributed by atoms with Gasteiger partial charge in [-0.2, -0.15) is 0 Å². The summed E-state index contributed by atoms with van der Waals surface area (Å²) in [5.41, 5.74) is 0.958. The van der Waals surface area contributed by atoms with E-state index in [0.29, 0.717) is 12.4 Å². The van der Waals surface area contributed by atoms with E-state index in [-0.39, 0.29) is 6.03 Å². The van der Waals surface area contributed by atoms with Gasteiger partial charge in [0, 0.05) is 12.7 Å². The summed E-state index contributed by atoms with van der Waals surface area (Å²) in [6.45, 7) is 4.59. The lowest BCUT2D eigenvalue weighted by atomic mass is 10.3. The number of pyridine rings is 1. The van der Waals surface area contributed by atoms with E-state index in [9.17, 15) is 4.79 Å². The summed E-state index contributed by atoms with van der Waals surface area (Å²) in [4.78, 5) is 15.3. The number of urea groups is 1. The van der Waals surface area contributed by atoms with Gasteiger partial charge in [0.05, 0.1) is 0 Å². The van der Waals surface area contributed by atoms with Crippen molar-refractivity contribution in [2.75, 3.05) is 11.9 Å². The van der Waals surface area contributed by atoms with Crippen LogP contribution in [0.15, 0.2) is 18.3 Å². The third-order valence-electron chi connectivity index (χ3n) is 1.78. The van der Waals surface area contributed by atoms with Crippen LogP contribution in [0.25, 0.3) is 0 Å². The minimum atomic E-state index is -0.200. The van der Waals surface area contributed by atoms with Crippen molar-refractivity contribution in [3.8, 4) is 0 Å². The minimum Gasteiger partial charge on any atom is -0.338 e. The smallest absolute Gasteiger partial charge is 0.320 e. The van der Waals surface area contributed by atoms with Crippen molar-refractivity contribution in [1.82, 2.24) is 10.3 Å². The van der Waals surface area contributed by atoms with Gasteiger partial charge in [0.15, 0.2) is 0 Å². The number of rotatable bonds is 3. The first-order valence-electron chi connectivity index (χ1n) is 4.70. The molecule has 0 aromatic carbocycles. The van der Waals surface area contributed by atoms with E-state index < -0.39 is 0 Å². The van der Waals surface area contributed by atoms with E-state index in [1.165, 1.54) is 0 Å². The molecule has 0 aliphatic rings. The fraction of sp³-hybridized carbons (Fsp3) is 0.400. The molecule has 2 amide bonds. The zero-order chi connectivity index (χ0) is 10.4. The Kier molecular flexibility index (Phi) is 3.91. The molecule has 1 rings (SSSR count). The summed E-state index contributed by atoms with van der Waals surface area (Å²) in [7, 11) is 0. The number of hydrogen-bond donors (Lipinski definition) is 2. The molecular formula is C10H15N3O. The number of aromatic nitrogens is 1. The van der Waals surface area contributed by atoms with Crippen LogP contribution < -0.4 is 10.6 Å². The Morgan fingerprint density at radius 1 is 1.57 bits per heavy atom. The summed E-state index contributed by atoms with van der Waals surface area (Å²) in [6, 6.07) is 3.54. The van der Waals surface area contributed by atoms with Gasteiger partial charge in [-0.1, -0.05) is 13.0 Å². The first-order chi connectivity index (χ1) is 6.74. The van der Waals surface area contributed by atoms with Gasteiger partial charge in [0.25, 0.3) is 0 Å². The standard InChI is InChI=1S/C10H15N3O/c1-3-6-12-10(14)13-9-8(2)5-4-7-11-9/h4-5,7H,3,6H2,1-2H3,(H2,11,12,13,14). The number of carbonyl (C=O) groups excluding carboxylic acids is 1. The molecule has 14 heavy (non-hydrogen) atoms. The molecular weight excluding hydrogens is 178 g/mol. The van der Waals surface area contributed by atoms with Crippen molar-refractivity contribution in [2.45, 2.75) is 20.3 Å². The minimum absolute atomic E-state index is 0.200. The maximum absolute atomic E-state index is 11.3. The van der Waals surface area contributed by atoms with Crippen molar-refractivity contribution in [1.29, 1.82) is 0 Å². The summed E-state index contributed by atoms with van der Waals surface area (Å²) in [6.07, 6.45) is 2.58. The fourth-order valence-corrected chi connectivity index (χ4v) is 1.01. The highest BCUT2D eigenvalue weighted by Crippen LogP contribution is 2.08. The van der Waals surface area contributed by atoms with Crippen LogP contribution in [0.2, 0.25) is 0 Å². The molecule has 4 nitrogen and oxygen atoms in total. The number of aryl methyl sites for hydroxylation is 1. The molecule has 0 bridgehead atoms. The highest BCUT2D eigenvalue weighted by Gasteiger charge is 2.02. The van der Waals surface area contributed by atoms with Gasteiger partial charge in [-0.3, -0.25) is 5.32 Å². The van der Waals surface area contributed by atoms with Crippen LogP contribution in [-0.4, -0.2) is 17.6 Å². The van der Waals surface area contributed by atoms with E-state index in [1.807, 2.05) is 26.0 Å². The van der Waals surface area contributed by atoms with Gasteiger partial charge < -0.3 is 5.32 Å². The van der Waals surface area contributed by atoms with Crippen molar-refractivity contribution < 1.29 is 4.79 Å². The first kappa shape index (κ1) is 10.5. The van der Waals surface area contributed by atoms with Crippen molar-refractivity contribution >= 4 is 11.8 Å². The lowest BCUT2D eigenvalue weighted by Crippen LogP contribution is -2.29. The molecule has 0 atom stereocenters. The molecule has 1 aromatic rings. The van der Waals surface area contributed by atoms with Crippen LogP contribution in [0.3, 0.4) is 0 Å². The number of carbonyl (C=O) groups is 1. The van der Waals surface area contributed by atoms with Gasteiger partial charge in [-0.25, -0.2) is 9.78 Å². The molecule has 2 N–H and O–H groups in total. The number of amides is 2. The quantitative estimate of drug-likeness (QED) is 0.770. The second kappa shape index (κ2) is 5.21. The normalized spacial score (nSPS) is 9.57. The number of nitrogens with one attached hydrogen (secondary N) is 2. The zero-order valence-corrected chi connectivity index (χ0v) is 8.50. The molecule has 0 fully saturated rings. The Hall–Kier alpha value is -1.58. The first-order valence-corrected chi connectivity index (χ1v) is 4.70. The number of anilines is 1. The van der Waals surface area contributed by atoms with E-state index in [1.54, 1.807) is 6.20 Å². The summed E-state index contributed by atoms with van der Waals surface area (Å²) >= 11 is 0. The van der Waals surface area contributed by atoms with Crippen molar-refractivity contribution in [3.05, 3.63) is 23.9 Å². The Morgan fingerprint density at radius 2 is 2.36 bits per heavy atom. The van der Waals surface area contributed by atoms with Crippen LogP contribution in [0, 0.1) is 6.92 Å². The molecule has 0 spiro atoms. The fourth-order valence-electron chi connectivity index (χ4n) is 1.01. The third-order valence-corrected chi connectivity index (χ3v) is 1.78. The third kappa shape index (κ3) is 3.05. The predicted octanol–water partition coefficient (Wildman–Crippen LogP) is 1.92. The Morgan fingerprint density at radius 3 is 3.00 bits per heavy atom. The molecule has 0 aliphatic carbocycles. The van der Waals surface area contributed by atoms with Crippen LogP contribution in [-0.2, 0) is 0 Å². The molecule has 76 valence electrons. The van der Waals surface area contributed by atoms with Gasteiger partial charge in [-0.15, -0.1) is 0 Å². The molecule has 0 saturated carbocycles. The topological polar surface area (TPSA) is 54.0 Å². The van der Waals surface area contributed by atoms with Gasteiger partial charge in [-0.05, 0) is 25.0 Å². The maximum Gasteiger partial charge on any atom is 0.320 e. The summed E-state index contributed by atoms with van der Waals surface area (Å²) < 4.78 is 0. The second-order valence-electron chi connectivity index (χ2n) is 3.05. The second-order valence-corrected chi connectivity index (χ2v) is 3.05. The largest absolute Gasteiger partial charge is 0.338 e. The van der Waals surface area contributed by atoms with E-state index in [0.717, 1.165) is 12.0 Å². The highest BCUT2D eigenvalue weighted by atomic mass is 16.2. The lowest BCUT2D eigenvalue weighted by Gasteiger charge is -2.07. The monoisotopic (exact) mass is 193 g/mol. The SMILES string of the molecule is CCCNC(=O)Nc1ncccc1C. The van der Waals surface area contributed by atoms with E-state index in [2.05, 4.69) is 15.6 Å². The van der Waals surface area contributed by atoms with Crippen LogP contribution >= 0.6 is 0 Å². The lowest BCUT2D eigenvalue weighted by molar-refractivity contribution is 0.252. The van der Waals surface area contributed by atoms with Gasteiger partial charge in [0.1, 0.15) is 5.82 Å².